The normalized spacial score (nSPS) is 13.4. The largest absolute Gasteiger partial charge is 0.416 e. The summed E-state index contributed by atoms with van der Waals surface area (Å²) in [5.74, 6) is -0.115. The molecule has 196 valence electrons. The van der Waals surface area contributed by atoms with Crippen LogP contribution in [0.2, 0.25) is 0 Å². The first kappa shape index (κ1) is 26.2. The number of aryl methyl sites for hydroxylation is 1. The SMILES string of the molecule is COn1c(NCc2ccc(C(F)(F)F)cc2)nc2c(c1=O)CN(C(=O)c1nc(C)c(C)c(C)c1C)CC2. The van der Waals surface area contributed by atoms with Crippen LogP contribution in [0.5, 0.6) is 0 Å². The fraction of sp³-hybridized carbons (Fsp3) is 0.385. The number of alkyl halides is 3. The first-order valence-electron chi connectivity index (χ1n) is 11.7. The molecule has 1 aliphatic heterocycles. The van der Waals surface area contributed by atoms with Crippen molar-refractivity contribution in [3.63, 3.8) is 0 Å². The Morgan fingerprint density at radius 1 is 1.05 bits per heavy atom. The minimum Gasteiger partial charge on any atom is -0.411 e. The van der Waals surface area contributed by atoms with Gasteiger partial charge in [0.15, 0.2) is 0 Å². The summed E-state index contributed by atoms with van der Waals surface area (Å²) in [7, 11) is 1.32. The van der Waals surface area contributed by atoms with Crippen molar-refractivity contribution >= 4 is 11.9 Å². The predicted octanol–water partition coefficient (Wildman–Crippen LogP) is 3.76. The summed E-state index contributed by atoms with van der Waals surface area (Å²) in [5.41, 5.74) is 4.30. The number of carbonyl (C=O) groups is 1. The summed E-state index contributed by atoms with van der Waals surface area (Å²) in [4.78, 5) is 42.5. The van der Waals surface area contributed by atoms with Gasteiger partial charge in [0.25, 0.3) is 11.5 Å². The Morgan fingerprint density at radius 2 is 1.73 bits per heavy atom. The Morgan fingerprint density at radius 3 is 2.35 bits per heavy atom. The van der Waals surface area contributed by atoms with Gasteiger partial charge in [-0.15, -0.1) is 4.73 Å². The summed E-state index contributed by atoms with van der Waals surface area (Å²) in [6.07, 6.45) is -4.05. The van der Waals surface area contributed by atoms with Crippen molar-refractivity contribution in [2.24, 2.45) is 0 Å². The molecular weight excluding hydrogens is 487 g/mol. The van der Waals surface area contributed by atoms with E-state index in [0.29, 0.717) is 35.5 Å². The molecule has 1 aliphatic rings. The maximum absolute atomic E-state index is 13.3. The maximum atomic E-state index is 13.3. The lowest BCUT2D eigenvalue weighted by atomic mass is 10.0. The molecule has 3 aromatic rings. The second kappa shape index (κ2) is 9.87. The van der Waals surface area contributed by atoms with Crippen molar-refractivity contribution in [1.82, 2.24) is 19.6 Å². The highest BCUT2D eigenvalue weighted by Gasteiger charge is 2.31. The molecule has 0 fully saturated rings. The molecule has 2 aromatic heterocycles. The van der Waals surface area contributed by atoms with Gasteiger partial charge in [-0.05, 0) is 62.1 Å². The number of hydrogen-bond donors (Lipinski definition) is 1. The number of nitrogens with one attached hydrogen (secondary N) is 1. The van der Waals surface area contributed by atoms with Gasteiger partial charge < -0.3 is 15.1 Å². The van der Waals surface area contributed by atoms with E-state index in [2.05, 4.69) is 15.3 Å². The molecule has 0 unspecified atom stereocenters. The molecule has 1 N–H and O–H groups in total. The third kappa shape index (κ3) is 5.03. The van der Waals surface area contributed by atoms with Crippen molar-refractivity contribution in [2.75, 3.05) is 19.0 Å². The number of hydrogen-bond acceptors (Lipinski definition) is 6. The van der Waals surface area contributed by atoms with E-state index in [9.17, 15) is 22.8 Å². The van der Waals surface area contributed by atoms with Crippen LogP contribution in [0, 0.1) is 27.7 Å². The minimum absolute atomic E-state index is 0.0651. The van der Waals surface area contributed by atoms with E-state index in [1.54, 1.807) is 4.90 Å². The number of carbonyl (C=O) groups excluding carboxylic acids is 1. The molecule has 0 radical (unpaired) electrons. The topological polar surface area (TPSA) is 89.4 Å². The lowest BCUT2D eigenvalue weighted by Gasteiger charge is -2.29. The molecule has 11 heteroatoms. The van der Waals surface area contributed by atoms with Gasteiger partial charge in [-0.25, -0.2) is 9.97 Å². The van der Waals surface area contributed by atoms with Crippen LogP contribution in [0.4, 0.5) is 19.1 Å². The van der Waals surface area contributed by atoms with Crippen LogP contribution < -0.4 is 15.7 Å². The average molecular weight is 516 g/mol. The van der Waals surface area contributed by atoms with Gasteiger partial charge in [0, 0.05) is 25.2 Å². The summed E-state index contributed by atoms with van der Waals surface area (Å²) >= 11 is 0. The zero-order valence-corrected chi connectivity index (χ0v) is 21.3. The van der Waals surface area contributed by atoms with E-state index < -0.39 is 17.3 Å². The number of anilines is 1. The molecule has 8 nitrogen and oxygen atoms in total. The molecule has 0 spiro atoms. The highest BCUT2D eigenvalue weighted by Crippen LogP contribution is 2.29. The van der Waals surface area contributed by atoms with E-state index in [1.165, 1.54) is 19.2 Å². The van der Waals surface area contributed by atoms with E-state index >= 15 is 0 Å². The Hall–Kier alpha value is -3.89. The Balaban J connectivity index is 1.57. The van der Waals surface area contributed by atoms with Crippen LogP contribution in [0.25, 0.3) is 0 Å². The second-order valence-electron chi connectivity index (χ2n) is 9.09. The highest BCUT2D eigenvalue weighted by molar-refractivity contribution is 5.94. The quantitative estimate of drug-likeness (QED) is 0.557. The van der Waals surface area contributed by atoms with Gasteiger partial charge in [-0.3, -0.25) is 9.59 Å². The van der Waals surface area contributed by atoms with Crippen molar-refractivity contribution in [2.45, 2.75) is 53.4 Å². The van der Waals surface area contributed by atoms with Crippen LogP contribution >= 0.6 is 0 Å². The van der Waals surface area contributed by atoms with Gasteiger partial charge in [0.1, 0.15) is 12.8 Å². The number of aromatic nitrogens is 3. The van der Waals surface area contributed by atoms with Crippen LogP contribution in [0.3, 0.4) is 0 Å². The van der Waals surface area contributed by atoms with Gasteiger partial charge in [-0.1, -0.05) is 12.1 Å². The Bertz CT molecular complexity index is 1420. The predicted molar refractivity (Wildman–Crippen MR) is 131 cm³/mol. The third-order valence-corrected chi connectivity index (χ3v) is 6.90. The van der Waals surface area contributed by atoms with E-state index in [-0.39, 0.29) is 24.9 Å². The Kier molecular flexibility index (Phi) is 6.98. The Labute approximate surface area is 212 Å². The lowest BCUT2D eigenvalue weighted by molar-refractivity contribution is -0.137. The summed E-state index contributed by atoms with van der Waals surface area (Å²) in [6, 6.07) is 4.72. The molecule has 0 saturated heterocycles. The number of rotatable bonds is 5. The molecule has 37 heavy (non-hydrogen) atoms. The molecular formula is C26H28F3N5O3. The molecule has 0 atom stereocenters. The minimum atomic E-state index is -4.41. The van der Waals surface area contributed by atoms with Gasteiger partial charge >= 0.3 is 6.18 Å². The van der Waals surface area contributed by atoms with Crippen LogP contribution in [-0.2, 0) is 25.7 Å². The summed E-state index contributed by atoms with van der Waals surface area (Å²) in [5, 5.41) is 2.97. The van der Waals surface area contributed by atoms with E-state index in [1.807, 2.05) is 27.7 Å². The highest BCUT2D eigenvalue weighted by atomic mass is 19.4. The zero-order valence-electron chi connectivity index (χ0n) is 21.3. The third-order valence-electron chi connectivity index (χ3n) is 6.90. The number of halogens is 3. The fourth-order valence-corrected chi connectivity index (χ4v) is 4.33. The number of pyridine rings is 1. The fourth-order valence-electron chi connectivity index (χ4n) is 4.33. The van der Waals surface area contributed by atoms with Crippen molar-refractivity contribution in [3.8, 4) is 0 Å². The van der Waals surface area contributed by atoms with E-state index in [0.717, 1.165) is 39.2 Å². The van der Waals surface area contributed by atoms with Crippen molar-refractivity contribution < 1.29 is 22.8 Å². The summed E-state index contributed by atoms with van der Waals surface area (Å²) in [6.45, 7) is 8.23. The smallest absolute Gasteiger partial charge is 0.411 e. The second-order valence-corrected chi connectivity index (χ2v) is 9.09. The standard InChI is InChI=1S/C26H28F3N5O3/c1-14-15(2)17(4)31-22(16(14)3)24(36)33-11-10-21-20(13-33)23(35)34(37-5)25(32-21)30-12-18-6-8-19(9-7-18)26(27,28)29/h6-9H,10-13H2,1-5H3,(H,30,32). The van der Waals surface area contributed by atoms with Crippen molar-refractivity contribution in [1.29, 1.82) is 0 Å². The maximum Gasteiger partial charge on any atom is 0.416 e. The van der Waals surface area contributed by atoms with Gasteiger partial charge in [0.2, 0.25) is 5.95 Å². The lowest BCUT2D eigenvalue weighted by Crippen LogP contribution is -2.43. The van der Waals surface area contributed by atoms with E-state index in [4.69, 9.17) is 4.84 Å². The van der Waals surface area contributed by atoms with Crippen LogP contribution in [-0.4, -0.2) is 39.2 Å². The molecule has 4 rings (SSSR count). The molecule has 0 bridgehead atoms. The monoisotopic (exact) mass is 515 g/mol. The molecule has 1 amide bonds. The van der Waals surface area contributed by atoms with Crippen LogP contribution in [0.15, 0.2) is 29.1 Å². The number of fused-ring (bicyclic) bond motifs is 1. The molecule has 1 aromatic carbocycles. The first-order valence-corrected chi connectivity index (χ1v) is 11.7. The zero-order chi connectivity index (χ0) is 27.1. The molecule has 0 saturated carbocycles. The molecule has 0 aliphatic carbocycles. The first-order chi connectivity index (χ1) is 17.4. The number of nitrogens with zero attached hydrogens (tertiary/aromatic N) is 4. The van der Waals surface area contributed by atoms with Gasteiger partial charge in [-0.2, -0.15) is 13.2 Å². The summed E-state index contributed by atoms with van der Waals surface area (Å²) < 4.78 is 39.4. The van der Waals surface area contributed by atoms with Crippen LogP contribution in [0.1, 0.15) is 55.3 Å². The average Bonchev–Trinajstić information content (AvgIpc) is 2.87. The number of amides is 1. The molecule has 3 heterocycles. The number of benzene rings is 1. The van der Waals surface area contributed by atoms with Crippen molar-refractivity contribution in [3.05, 3.63) is 85.1 Å². The van der Waals surface area contributed by atoms with Gasteiger partial charge in [0.05, 0.1) is 23.4 Å².